The average molecular weight is 254 g/mol. The van der Waals surface area contributed by atoms with Crippen LogP contribution in [0.25, 0.3) is 0 Å². The monoisotopic (exact) mass is 254 g/mol. The molecule has 2 nitrogen and oxygen atoms in total. The largest absolute Gasteiger partial charge is 0.326 e. The summed E-state index contributed by atoms with van der Waals surface area (Å²) in [7, 11) is 0. The molecule has 5 heteroatoms. The van der Waals surface area contributed by atoms with Crippen molar-refractivity contribution in [3.05, 3.63) is 46.7 Å². The first kappa shape index (κ1) is 11.6. The molecule has 0 saturated carbocycles. The molecule has 84 valence electrons. The molecule has 1 aromatic heterocycles. The normalized spacial score (nSPS) is 10.6. The summed E-state index contributed by atoms with van der Waals surface area (Å²) in [5.74, 6) is 0.561. The van der Waals surface area contributed by atoms with Crippen LogP contribution in [-0.2, 0) is 12.3 Å². The highest BCUT2D eigenvalue weighted by Crippen LogP contribution is 2.25. The van der Waals surface area contributed by atoms with Crippen molar-refractivity contribution < 1.29 is 4.39 Å². The number of benzene rings is 1. The zero-order valence-electron chi connectivity index (χ0n) is 8.52. The molecular formula is C11H11FN2S2. The highest BCUT2D eigenvalue weighted by Gasteiger charge is 2.03. The zero-order chi connectivity index (χ0) is 11.4. The van der Waals surface area contributed by atoms with Gasteiger partial charge in [-0.15, -0.1) is 11.3 Å². The SMILES string of the molecule is NCc1cc(CSc2nccs2)ccc1F. The summed E-state index contributed by atoms with van der Waals surface area (Å²) in [5, 5.41) is 1.94. The molecule has 0 radical (unpaired) electrons. The van der Waals surface area contributed by atoms with E-state index in [0.717, 1.165) is 15.7 Å². The predicted octanol–water partition coefficient (Wildman–Crippen LogP) is 3.03. The lowest BCUT2D eigenvalue weighted by atomic mass is 10.1. The Morgan fingerprint density at radius 2 is 2.31 bits per heavy atom. The van der Waals surface area contributed by atoms with E-state index in [1.54, 1.807) is 35.4 Å². The standard InChI is InChI=1S/C11H11FN2S2/c12-10-2-1-8(5-9(10)6-13)7-16-11-14-3-4-15-11/h1-5H,6-7,13H2. The van der Waals surface area contributed by atoms with E-state index >= 15 is 0 Å². The molecule has 0 amide bonds. The van der Waals surface area contributed by atoms with E-state index < -0.39 is 0 Å². The van der Waals surface area contributed by atoms with Crippen LogP contribution in [0.15, 0.2) is 34.1 Å². The Balaban J connectivity index is 2.04. The summed E-state index contributed by atoms with van der Waals surface area (Å²) in [6.45, 7) is 0.238. The van der Waals surface area contributed by atoms with Gasteiger partial charge in [-0.1, -0.05) is 23.9 Å². The Labute approximate surface area is 102 Å². The van der Waals surface area contributed by atoms with Crippen LogP contribution in [-0.4, -0.2) is 4.98 Å². The van der Waals surface area contributed by atoms with Gasteiger partial charge in [0.05, 0.1) is 0 Å². The minimum atomic E-state index is -0.231. The van der Waals surface area contributed by atoms with Crippen molar-refractivity contribution in [2.75, 3.05) is 0 Å². The minimum Gasteiger partial charge on any atom is -0.326 e. The first-order chi connectivity index (χ1) is 7.79. The van der Waals surface area contributed by atoms with Crippen molar-refractivity contribution >= 4 is 23.1 Å². The Hall–Kier alpha value is -0.910. The van der Waals surface area contributed by atoms with Crippen LogP contribution < -0.4 is 5.73 Å². The molecule has 0 bridgehead atoms. The number of thioether (sulfide) groups is 1. The first-order valence-corrected chi connectivity index (χ1v) is 6.66. The summed E-state index contributed by atoms with van der Waals surface area (Å²) in [6.07, 6.45) is 1.78. The highest BCUT2D eigenvalue weighted by atomic mass is 32.2. The van der Waals surface area contributed by atoms with Gasteiger partial charge in [0.1, 0.15) is 10.2 Å². The fourth-order valence-corrected chi connectivity index (χ4v) is 2.88. The lowest BCUT2D eigenvalue weighted by Gasteiger charge is -2.03. The Kier molecular flexibility index (Phi) is 3.93. The fraction of sp³-hybridized carbons (Fsp3) is 0.182. The molecule has 16 heavy (non-hydrogen) atoms. The van der Waals surface area contributed by atoms with E-state index in [-0.39, 0.29) is 12.4 Å². The molecule has 0 spiro atoms. The van der Waals surface area contributed by atoms with Crippen LogP contribution in [0.2, 0.25) is 0 Å². The van der Waals surface area contributed by atoms with Crippen molar-refractivity contribution in [2.24, 2.45) is 5.73 Å². The summed E-state index contributed by atoms with van der Waals surface area (Å²) in [6, 6.07) is 5.07. The maximum absolute atomic E-state index is 13.2. The van der Waals surface area contributed by atoms with Crippen LogP contribution in [0.3, 0.4) is 0 Å². The van der Waals surface area contributed by atoms with Crippen molar-refractivity contribution in [3.63, 3.8) is 0 Å². The van der Waals surface area contributed by atoms with Gasteiger partial charge in [-0.25, -0.2) is 9.37 Å². The molecule has 0 atom stereocenters. The van der Waals surface area contributed by atoms with E-state index in [9.17, 15) is 4.39 Å². The lowest BCUT2D eigenvalue weighted by molar-refractivity contribution is 0.610. The van der Waals surface area contributed by atoms with Gasteiger partial charge < -0.3 is 5.73 Å². The van der Waals surface area contributed by atoms with Crippen LogP contribution in [0.5, 0.6) is 0 Å². The summed E-state index contributed by atoms with van der Waals surface area (Å²) in [4.78, 5) is 4.17. The number of nitrogens with two attached hydrogens (primary N) is 1. The number of hydrogen-bond acceptors (Lipinski definition) is 4. The van der Waals surface area contributed by atoms with Crippen molar-refractivity contribution in [3.8, 4) is 0 Å². The summed E-state index contributed by atoms with van der Waals surface area (Å²) in [5.41, 5.74) is 7.09. The molecule has 0 saturated heterocycles. The third kappa shape index (κ3) is 2.81. The minimum absolute atomic E-state index is 0.231. The zero-order valence-corrected chi connectivity index (χ0v) is 10.2. The molecule has 2 aromatic rings. The van der Waals surface area contributed by atoms with Crippen LogP contribution in [0.1, 0.15) is 11.1 Å². The van der Waals surface area contributed by atoms with Gasteiger partial charge in [-0.2, -0.15) is 0 Å². The molecule has 0 aliphatic carbocycles. The molecule has 2 rings (SSSR count). The number of hydrogen-bond donors (Lipinski definition) is 1. The number of nitrogens with zero attached hydrogens (tertiary/aromatic N) is 1. The van der Waals surface area contributed by atoms with Gasteiger partial charge in [0, 0.05) is 29.4 Å². The van der Waals surface area contributed by atoms with Gasteiger partial charge in [-0.3, -0.25) is 0 Å². The highest BCUT2D eigenvalue weighted by molar-refractivity contribution is 8.00. The summed E-state index contributed by atoms with van der Waals surface area (Å²) < 4.78 is 14.2. The Morgan fingerprint density at radius 3 is 3.00 bits per heavy atom. The molecule has 1 aromatic carbocycles. The van der Waals surface area contributed by atoms with E-state index in [4.69, 9.17) is 5.73 Å². The number of thiazole rings is 1. The third-order valence-corrected chi connectivity index (χ3v) is 4.14. The maximum atomic E-state index is 13.2. The number of rotatable bonds is 4. The van der Waals surface area contributed by atoms with E-state index in [0.29, 0.717) is 5.56 Å². The van der Waals surface area contributed by atoms with Crippen molar-refractivity contribution in [1.29, 1.82) is 0 Å². The molecule has 0 fully saturated rings. The maximum Gasteiger partial charge on any atom is 0.150 e. The van der Waals surface area contributed by atoms with Gasteiger partial charge >= 0.3 is 0 Å². The smallest absolute Gasteiger partial charge is 0.150 e. The topological polar surface area (TPSA) is 38.9 Å². The van der Waals surface area contributed by atoms with Gasteiger partial charge in [0.2, 0.25) is 0 Å². The van der Waals surface area contributed by atoms with Crippen molar-refractivity contribution in [2.45, 2.75) is 16.6 Å². The molecular weight excluding hydrogens is 243 g/mol. The molecule has 2 N–H and O–H groups in total. The second-order valence-electron chi connectivity index (χ2n) is 3.22. The quantitative estimate of drug-likeness (QED) is 0.852. The van der Waals surface area contributed by atoms with E-state index in [2.05, 4.69) is 4.98 Å². The summed E-state index contributed by atoms with van der Waals surface area (Å²) >= 11 is 3.26. The molecule has 0 aliphatic rings. The van der Waals surface area contributed by atoms with Crippen LogP contribution in [0, 0.1) is 5.82 Å². The number of aromatic nitrogens is 1. The van der Waals surface area contributed by atoms with E-state index in [1.165, 1.54) is 6.07 Å². The average Bonchev–Trinajstić information content (AvgIpc) is 2.81. The molecule has 1 heterocycles. The van der Waals surface area contributed by atoms with Gasteiger partial charge in [-0.05, 0) is 11.6 Å². The fourth-order valence-electron chi connectivity index (χ4n) is 1.30. The predicted molar refractivity (Wildman–Crippen MR) is 66.0 cm³/mol. The van der Waals surface area contributed by atoms with Crippen molar-refractivity contribution in [1.82, 2.24) is 4.98 Å². The lowest BCUT2D eigenvalue weighted by Crippen LogP contribution is -2.00. The Bertz CT molecular complexity index is 457. The first-order valence-electron chi connectivity index (χ1n) is 4.79. The van der Waals surface area contributed by atoms with E-state index in [1.807, 2.05) is 11.4 Å². The third-order valence-electron chi connectivity index (χ3n) is 2.10. The van der Waals surface area contributed by atoms with Crippen LogP contribution in [0.4, 0.5) is 4.39 Å². The van der Waals surface area contributed by atoms with Crippen LogP contribution >= 0.6 is 23.1 Å². The Morgan fingerprint density at radius 1 is 1.44 bits per heavy atom. The van der Waals surface area contributed by atoms with Gasteiger partial charge in [0.25, 0.3) is 0 Å². The molecule has 0 aliphatic heterocycles. The molecule has 0 unspecified atom stereocenters. The second-order valence-corrected chi connectivity index (χ2v) is 5.33. The second kappa shape index (κ2) is 5.43. The van der Waals surface area contributed by atoms with Gasteiger partial charge in [0.15, 0.2) is 0 Å². The number of halogens is 1.